The van der Waals surface area contributed by atoms with Crippen molar-refractivity contribution in [2.75, 3.05) is 25.5 Å². The second-order valence-corrected chi connectivity index (χ2v) is 7.86. The number of anilines is 1. The fourth-order valence-corrected chi connectivity index (χ4v) is 3.89. The number of hydrogen-bond acceptors (Lipinski definition) is 4. The van der Waals surface area contributed by atoms with E-state index >= 15 is 0 Å². The summed E-state index contributed by atoms with van der Waals surface area (Å²) in [5, 5.41) is 13.5. The fourth-order valence-electron chi connectivity index (χ4n) is 3.89. The Morgan fingerprint density at radius 2 is 1.76 bits per heavy atom. The number of carbonyl (C=O) groups is 2. The Balaban J connectivity index is 0.000000383. The first-order valence-corrected chi connectivity index (χ1v) is 10.5. The molecule has 3 N–H and O–H groups in total. The number of carboxylic acids is 1. The van der Waals surface area contributed by atoms with E-state index in [2.05, 4.69) is 34.9 Å². The summed E-state index contributed by atoms with van der Waals surface area (Å²) in [5.41, 5.74) is 4.78. The molecule has 2 heterocycles. The maximum absolute atomic E-state index is 12.6. The van der Waals surface area contributed by atoms with Gasteiger partial charge in [-0.1, -0.05) is 18.2 Å². The molecule has 7 nitrogen and oxygen atoms in total. The third-order valence-corrected chi connectivity index (χ3v) is 5.68. The Hall–Kier alpha value is -3.27. The summed E-state index contributed by atoms with van der Waals surface area (Å²) in [7, 11) is 1.70. The van der Waals surface area contributed by atoms with Crippen LogP contribution in [0.25, 0.3) is 0 Å². The molecule has 178 valence electrons. The molecule has 0 spiro atoms. The van der Waals surface area contributed by atoms with Gasteiger partial charge in [-0.15, -0.1) is 0 Å². The molecule has 2 amide bonds. The quantitative estimate of drug-likeness (QED) is 0.627. The lowest BCUT2D eigenvalue weighted by molar-refractivity contribution is -0.192. The molecule has 0 atom stereocenters. The smallest absolute Gasteiger partial charge is 0.490 e. The Morgan fingerprint density at radius 3 is 2.39 bits per heavy atom. The van der Waals surface area contributed by atoms with Crippen molar-refractivity contribution in [1.82, 2.24) is 10.2 Å². The molecular formula is C23H26F3N3O4. The van der Waals surface area contributed by atoms with Crippen molar-refractivity contribution in [3.8, 4) is 5.75 Å². The fraction of sp³-hybridized carbons (Fsp3) is 0.391. The van der Waals surface area contributed by atoms with Crippen molar-refractivity contribution >= 4 is 17.7 Å². The Labute approximate surface area is 189 Å². The number of ether oxygens (including phenoxy) is 1. The summed E-state index contributed by atoms with van der Waals surface area (Å²) < 4.78 is 37.1. The third kappa shape index (κ3) is 6.61. The largest absolute Gasteiger partial charge is 0.497 e. The van der Waals surface area contributed by atoms with Gasteiger partial charge in [-0.2, -0.15) is 13.2 Å². The molecule has 2 aliphatic heterocycles. The zero-order valence-electron chi connectivity index (χ0n) is 18.1. The number of likely N-dealkylation sites (tertiary alicyclic amines) is 1. The molecule has 0 saturated carbocycles. The van der Waals surface area contributed by atoms with Crippen LogP contribution in [0.15, 0.2) is 42.5 Å². The van der Waals surface area contributed by atoms with Gasteiger partial charge >= 0.3 is 18.2 Å². The van der Waals surface area contributed by atoms with Gasteiger partial charge < -0.3 is 25.4 Å². The van der Waals surface area contributed by atoms with Gasteiger partial charge in [-0.05, 0) is 59.7 Å². The van der Waals surface area contributed by atoms with Crippen LogP contribution in [-0.2, 0) is 17.9 Å². The summed E-state index contributed by atoms with van der Waals surface area (Å²) >= 11 is 0. The summed E-state index contributed by atoms with van der Waals surface area (Å²) in [6.07, 6.45) is -3.12. The van der Waals surface area contributed by atoms with Gasteiger partial charge in [0.25, 0.3) is 0 Å². The molecule has 2 aliphatic rings. The van der Waals surface area contributed by atoms with Gasteiger partial charge in [0.1, 0.15) is 5.75 Å². The van der Waals surface area contributed by atoms with Crippen LogP contribution in [0.1, 0.15) is 35.4 Å². The highest BCUT2D eigenvalue weighted by Crippen LogP contribution is 2.30. The summed E-state index contributed by atoms with van der Waals surface area (Å²) in [4.78, 5) is 23.4. The average molecular weight is 465 g/mol. The van der Waals surface area contributed by atoms with Gasteiger partial charge in [0, 0.05) is 31.9 Å². The molecule has 2 aromatic rings. The van der Waals surface area contributed by atoms with Crippen LogP contribution in [0.5, 0.6) is 5.75 Å². The van der Waals surface area contributed by atoms with Crippen molar-refractivity contribution in [2.45, 2.75) is 38.0 Å². The van der Waals surface area contributed by atoms with Crippen LogP contribution in [0.2, 0.25) is 0 Å². The van der Waals surface area contributed by atoms with E-state index in [4.69, 9.17) is 14.6 Å². The normalized spacial score (nSPS) is 15.8. The molecule has 1 saturated heterocycles. The minimum Gasteiger partial charge on any atom is -0.497 e. The SMILES string of the molecule is COc1cccc(C2CCN(C(=O)Nc3ccc4c(c3)CNC4)CC2)c1.O=C(O)C(F)(F)F. The Bertz CT molecular complexity index is 989. The number of rotatable bonds is 3. The van der Waals surface area contributed by atoms with Crippen LogP contribution in [-0.4, -0.2) is 48.4 Å². The third-order valence-electron chi connectivity index (χ3n) is 5.68. The number of benzene rings is 2. The Kier molecular flexibility index (Phi) is 7.80. The van der Waals surface area contributed by atoms with Crippen LogP contribution in [0.3, 0.4) is 0 Å². The number of aliphatic carboxylic acids is 1. The second-order valence-electron chi connectivity index (χ2n) is 7.86. The minimum absolute atomic E-state index is 0.00000152. The standard InChI is InChI=1S/C21H25N3O2.C2HF3O2/c1-26-20-4-2-3-16(12-20)15-7-9-24(10-8-15)21(25)23-19-6-5-17-13-22-14-18(17)11-19;3-2(4,5)1(6)7/h2-6,11-12,15,22H,7-10,13-14H2,1H3,(H,23,25);(H,6,7). The maximum atomic E-state index is 12.6. The molecule has 4 rings (SSSR count). The number of urea groups is 1. The highest BCUT2D eigenvalue weighted by atomic mass is 19.4. The van der Waals surface area contributed by atoms with Crippen LogP contribution < -0.4 is 15.4 Å². The monoisotopic (exact) mass is 465 g/mol. The number of alkyl halides is 3. The summed E-state index contributed by atoms with van der Waals surface area (Å²) in [5.74, 6) is -1.37. The van der Waals surface area contributed by atoms with E-state index in [1.54, 1.807) is 7.11 Å². The van der Waals surface area contributed by atoms with Crippen LogP contribution >= 0.6 is 0 Å². The molecular weight excluding hydrogens is 439 g/mol. The number of carbonyl (C=O) groups excluding carboxylic acids is 1. The molecule has 0 bridgehead atoms. The van der Waals surface area contributed by atoms with Crippen molar-refractivity contribution in [1.29, 1.82) is 0 Å². The zero-order valence-corrected chi connectivity index (χ0v) is 18.1. The van der Waals surface area contributed by atoms with Gasteiger partial charge in [0.05, 0.1) is 7.11 Å². The number of carboxylic acid groups (broad SMARTS) is 1. The summed E-state index contributed by atoms with van der Waals surface area (Å²) in [6.45, 7) is 3.35. The lowest BCUT2D eigenvalue weighted by Crippen LogP contribution is -2.40. The van der Waals surface area contributed by atoms with E-state index in [1.165, 1.54) is 16.7 Å². The van der Waals surface area contributed by atoms with E-state index in [9.17, 15) is 18.0 Å². The molecule has 2 aromatic carbocycles. The second kappa shape index (κ2) is 10.6. The maximum Gasteiger partial charge on any atom is 0.490 e. The van der Waals surface area contributed by atoms with Gasteiger partial charge in [-0.3, -0.25) is 0 Å². The van der Waals surface area contributed by atoms with Crippen LogP contribution in [0.4, 0.5) is 23.7 Å². The number of halogens is 3. The van der Waals surface area contributed by atoms with Crippen molar-refractivity contribution in [3.63, 3.8) is 0 Å². The summed E-state index contributed by atoms with van der Waals surface area (Å²) in [6, 6.07) is 14.4. The number of fused-ring (bicyclic) bond motifs is 1. The lowest BCUT2D eigenvalue weighted by Gasteiger charge is -2.32. The van der Waals surface area contributed by atoms with E-state index in [0.29, 0.717) is 5.92 Å². The number of hydrogen-bond donors (Lipinski definition) is 3. The van der Waals surface area contributed by atoms with E-state index in [-0.39, 0.29) is 6.03 Å². The first-order chi connectivity index (χ1) is 15.7. The number of nitrogens with zero attached hydrogens (tertiary/aromatic N) is 1. The highest BCUT2D eigenvalue weighted by Gasteiger charge is 2.38. The van der Waals surface area contributed by atoms with Crippen molar-refractivity contribution in [2.24, 2.45) is 0 Å². The highest BCUT2D eigenvalue weighted by molar-refractivity contribution is 5.89. The first-order valence-electron chi connectivity index (χ1n) is 10.5. The molecule has 10 heteroatoms. The molecule has 1 fully saturated rings. The molecule has 0 radical (unpaired) electrons. The minimum atomic E-state index is -5.08. The number of nitrogens with one attached hydrogen (secondary N) is 2. The van der Waals surface area contributed by atoms with Crippen LogP contribution in [0, 0.1) is 0 Å². The van der Waals surface area contributed by atoms with Crippen molar-refractivity contribution < 1.29 is 32.6 Å². The van der Waals surface area contributed by atoms with E-state index < -0.39 is 12.1 Å². The molecule has 0 unspecified atom stereocenters. The average Bonchev–Trinajstić information content (AvgIpc) is 3.27. The van der Waals surface area contributed by atoms with Gasteiger partial charge in [0.15, 0.2) is 0 Å². The molecule has 0 aromatic heterocycles. The Morgan fingerprint density at radius 1 is 1.09 bits per heavy atom. The molecule has 33 heavy (non-hydrogen) atoms. The van der Waals surface area contributed by atoms with Gasteiger partial charge in [-0.25, -0.2) is 9.59 Å². The molecule has 0 aliphatic carbocycles. The number of piperidine rings is 1. The van der Waals surface area contributed by atoms with Gasteiger partial charge in [0.2, 0.25) is 0 Å². The van der Waals surface area contributed by atoms with E-state index in [0.717, 1.165) is 50.5 Å². The predicted octanol–water partition coefficient (Wildman–Crippen LogP) is 4.34. The zero-order chi connectivity index (χ0) is 24.0. The topological polar surface area (TPSA) is 90.9 Å². The number of amides is 2. The number of methoxy groups -OCH3 is 1. The van der Waals surface area contributed by atoms with Crippen molar-refractivity contribution in [3.05, 3.63) is 59.2 Å². The lowest BCUT2D eigenvalue weighted by atomic mass is 9.89. The first kappa shape index (κ1) is 24.4. The predicted molar refractivity (Wildman–Crippen MR) is 116 cm³/mol. The van der Waals surface area contributed by atoms with E-state index in [1.807, 2.05) is 23.1 Å².